The van der Waals surface area contributed by atoms with E-state index in [0.717, 1.165) is 28.8 Å². The van der Waals surface area contributed by atoms with Gasteiger partial charge in [0.25, 0.3) is 0 Å². The van der Waals surface area contributed by atoms with E-state index in [-0.39, 0.29) is 6.42 Å². The smallest absolute Gasteiger partial charge is 0.303 e. The highest BCUT2D eigenvalue weighted by atomic mass is 79.9. The van der Waals surface area contributed by atoms with Gasteiger partial charge in [0.1, 0.15) is 5.75 Å². The molecule has 0 fully saturated rings. The van der Waals surface area contributed by atoms with Gasteiger partial charge in [0.2, 0.25) is 0 Å². The first-order valence-corrected chi connectivity index (χ1v) is 6.82. The second-order valence-electron chi connectivity index (χ2n) is 4.33. The maximum absolute atomic E-state index is 10.4. The van der Waals surface area contributed by atoms with E-state index < -0.39 is 5.97 Å². The van der Waals surface area contributed by atoms with Gasteiger partial charge in [0, 0.05) is 29.4 Å². The predicted octanol–water partition coefficient (Wildman–Crippen LogP) is 2.34. The van der Waals surface area contributed by atoms with E-state index in [4.69, 9.17) is 9.84 Å². The standard InChI is InChI=1S/C13H16BrNO3/c14-11-6-9-3-5-18-13(9)10(7-11)8-15-4-1-2-12(16)17/h6-7,15H,1-5,8H2,(H,16,17). The van der Waals surface area contributed by atoms with Crippen LogP contribution in [0.1, 0.15) is 24.0 Å². The van der Waals surface area contributed by atoms with E-state index in [1.54, 1.807) is 0 Å². The Morgan fingerprint density at radius 3 is 3.11 bits per heavy atom. The number of carbonyl (C=O) groups is 1. The normalized spacial score (nSPS) is 13.2. The van der Waals surface area contributed by atoms with Gasteiger partial charge in [-0.25, -0.2) is 0 Å². The third kappa shape index (κ3) is 3.46. The number of hydrogen-bond acceptors (Lipinski definition) is 3. The molecule has 1 aromatic carbocycles. The van der Waals surface area contributed by atoms with Crippen molar-refractivity contribution >= 4 is 21.9 Å². The molecular formula is C13H16BrNO3. The number of rotatable bonds is 6. The first-order valence-electron chi connectivity index (χ1n) is 6.03. The molecule has 18 heavy (non-hydrogen) atoms. The Morgan fingerprint density at radius 1 is 1.50 bits per heavy atom. The molecule has 0 atom stereocenters. The fraction of sp³-hybridized carbons (Fsp3) is 0.462. The Labute approximate surface area is 114 Å². The molecule has 0 amide bonds. The van der Waals surface area contributed by atoms with Gasteiger partial charge in [0.15, 0.2) is 0 Å². The molecule has 0 saturated heterocycles. The van der Waals surface area contributed by atoms with Crippen LogP contribution in [0.15, 0.2) is 16.6 Å². The van der Waals surface area contributed by atoms with Crippen molar-refractivity contribution in [1.82, 2.24) is 5.32 Å². The van der Waals surface area contributed by atoms with Gasteiger partial charge in [-0.05, 0) is 30.7 Å². The molecule has 0 bridgehead atoms. The molecule has 1 aliphatic rings. The summed E-state index contributed by atoms with van der Waals surface area (Å²) < 4.78 is 6.69. The minimum absolute atomic E-state index is 0.208. The topological polar surface area (TPSA) is 58.6 Å². The summed E-state index contributed by atoms with van der Waals surface area (Å²) in [6.07, 6.45) is 1.81. The number of hydrogen-bond donors (Lipinski definition) is 2. The molecule has 1 heterocycles. The molecule has 1 aliphatic heterocycles. The number of halogens is 1. The van der Waals surface area contributed by atoms with Gasteiger partial charge in [-0.3, -0.25) is 4.79 Å². The van der Waals surface area contributed by atoms with Crippen LogP contribution in [0.3, 0.4) is 0 Å². The third-order valence-corrected chi connectivity index (χ3v) is 3.34. The van der Waals surface area contributed by atoms with Gasteiger partial charge in [0.05, 0.1) is 6.61 Å². The van der Waals surface area contributed by atoms with E-state index in [2.05, 4.69) is 27.3 Å². The van der Waals surface area contributed by atoms with Gasteiger partial charge in [-0.15, -0.1) is 0 Å². The van der Waals surface area contributed by atoms with Crippen molar-refractivity contribution in [2.45, 2.75) is 25.8 Å². The van der Waals surface area contributed by atoms with Gasteiger partial charge >= 0.3 is 5.97 Å². The van der Waals surface area contributed by atoms with Crippen molar-refractivity contribution in [2.75, 3.05) is 13.2 Å². The zero-order chi connectivity index (χ0) is 13.0. The van der Waals surface area contributed by atoms with Crippen LogP contribution in [0.5, 0.6) is 5.75 Å². The average Bonchev–Trinajstić information content (AvgIpc) is 2.75. The first kappa shape index (κ1) is 13.4. The lowest BCUT2D eigenvalue weighted by atomic mass is 10.1. The van der Waals surface area contributed by atoms with Gasteiger partial charge in [-0.1, -0.05) is 15.9 Å². The number of fused-ring (bicyclic) bond motifs is 1. The zero-order valence-electron chi connectivity index (χ0n) is 10.0. The van der Waals surface area contributed by atoms with Crippen molar-refractivity contribution in [3.05, 3.63) is 27.7 Å². The molecule has 0 aliphatic carbocycles. The Balaban J connectivity index is 1.88. The number of carboxylic acid groups (broad SMARTS) is 1. The van der Waals surface area contributed by atoms with Crippen molar-refractivity contribution in [3.8, 4) is 5.75 Å². The largest absolute Gasteiger partial charge is 0.493 e. The lowest BCUT2D eigenvalue weighted by Crippen LogP contribution is -2.16. The summed E-state index contributed by atoms with van der Waals surface area (Å²) in [6, 6.07) is 4.14. The van der Waals surface area contributed by atoms with Crippen molar-refractivity contribution in [3.63, 3.8) is 0 Å². The minimum Gasteiger partial charge on any atom is -0.493 e. The van der Waals surface area contributed by atoms with Gasteiger partial charge in [-0.2, -0.15) is 0 Å². The monoisotopic (exact) mass is 313 g/mol. The zero-order valence-corrected chi connectivity index (χ0v) is 11.6. The third-order valence-electron chi connectivity index (χ3n) is 2.88. The van der Waals surface area contributed by atoms with Crippen molar-refractivity contribution in [1.29, 1.82) is 0 Å². The van der Waals surface area contributed by atoms with E-state index >= 15 is 0 Å². The number of benzene rings is 1. The highest BCUT2D eigenvalue weighted by Crippen LogP contribution is 2.32. The molecule has 98 valence electrons. The maximum Gasteiger partial charge on any atom is 0.303 e. The highest BCUT2D eigenvalue weighted by molar-refractivity contribution is 9.10. The summed E-state index contributed by atoms with van der Waals surface area (Å²) in [5.74, 6) is 0.243. The van der Waals surface area contributed by atoms with Crippen LogP contribution in [0.25, 0.3) is 0 Å². The molecule has 4 nitrogen and oxygen atoms in total. The van der Waals surface area contributed by atoms with Crippen LogP contribution in [0.4, 0.5) is 0 Å². The first-order chi connectivity index (χ1) is 8.66. The van der Waals surface area contributed by atoms with Crippen LogP contribution in [-0.2, 0) is 17.8 Å². The van der Waals surface area contributed by atoms with Gasteiger partial charge < -0.3 is 15.2 Å². The van der Waals surface area contributed by atoms with E-state index in [0.29, 0.717) is 19.5 Å². The highest BCUT2D eigenvalue weighted by Gasteiger charge is 2.16. The van der Waals surface area contributed by atoms with Crippen LogP contribution in [-0.4, -0.2) is 24.2 Å². The fourth-order valence-electron chi connectivity index (χ4n) is 2.07. The summed E-state index contributed by atoms with van der Waals surface area (Å²) >= 11 is 3.50. The molecule has 0 spiro atoms. The number of ether oxygens (including phenoxy) is 1. The fourth-order valence-corrected chi connectivity index (χ4v) is 2.62. The minimum atomic E-state index is -0.747. The van der Waals surface area contributed by atoms with Crippen LogP contribution in [0, 0.1) is 0 Å². The average molecular weight is 314 g/mol. The predicted molar refractivity (Wildman–Crippen MR) is 71.9 cm³/mol. The van der Waals surface area contributed by atoms with Crippen molar-refractivity contribution in [2.24, 2.45) is 0 Å². The van der Waals surface area contributed by atoms with E-state index in [1.165, 1.54) is 5.56 Å². The summed E-state index contributed by atoms with van der Waals surface area (Å²) in [4.78, 5) is 10.4. The van der Waals surface area contributed by atoms with Crippen LogP contribution < -0.4 is 10.1 Å². The summed E-state index contributed by atoms with van der Waals surface area (Å²) in [5, 5.41) is 11.8. The number of carboxylic acids is 1. The molecule has 5 heteroatoms. The van der Waals surface area contributed by atoms with Crippen LogP contribution in [0.2, 0.25) is 0 Å². The molecule has 0 aromatic heterocycles. The quantitative estimate of drug-likeness (QED) is 0.791. The molecular weight excluding hydrogens is 298 g/mol. The molecule has 2 rings (SSSR count). The number of nitrogens with one attached hydrogen (secondary N) is 1. The Hall–Kier alpha value is -1.07. The molecule has 0 saturated carbocycles. The Kier molecular flexibility index (Phi) is 4.60. The second kappa shape index (κ2) is 6.20. The molecule has 1 aromatic rings. The summed E-state index contributed by atoms with van der Waals surface area (Å²) in [5.41, 5.74) is 2.37. The van der Waals surface area contributed by atoms with Crippen LogP contribution >= 0.6 is 15.9 Å². The Bertz CT molecular complexity index is 448. The second-order valence-corrected chi connectivity index (χ2v) is 5.24. The van der Waals surface area contributed by atoms with E-state index in [9.17, 15) is 4.79 Å². The summed E-state index contributed by atoms with van der Waals surface area (Å²) in [7, 11) is 0. The number of aliphatic carboxylic acids is 1. The molecule has 2 N–H and O–H groups in total. The Morgan fingerprint density at radius 2 is 2.33 bits per heavy atom. The molecule has 0 unspecified atom stereocenters. The maximum atomic E-state index is 10.4. The lowest BCUT2D eigenvalue weighted by Gasteiger charge is -2.10. The molecule has 0 radical (unpaired) electrons. The van der Waals surface area contributed by atoms with Crippen molar-refractivity contribution < 1.29 is 14.6 Å². The lowest BCUT2D eigenvalue weighted by molar-refractivity contribution is -0.137. The SMILES string of the molecule is O=C(O)CCCNCc1cc(Br)cc2c1OCC2. The summed E-state index contributed by atoms with van der Waals surface area (Å²) in [6.45, 7) is 2.16. The van der Waals surface area contributed by atoms with E-state index in [1.807, 2.05) is 6.07 Å².